The van der Waals surface area contributed by atoms with E-state index in [2.05, 4.69) is 0 Å². The van der Waals surface area contributed by atoms with Crippen molar-refractivity contribution in [2.45, 2.75) is 46.3 Å². The molecule has 20 heavy (non-hydrogen) atoms. The first kappa shape index (κ1) is 16.9. The van der Waals surface area contributed by atoms with E-state index in [0.717, 1.165) is 5.56 Å². The van der Waals surface area contributed by atoms with Crippen LogP contribution in [0.25, 0.3) is 0 Å². The summed E-state index contributed by atoms with van der Waals surface area (Å²) < 4.78 is 28.1. The molecule has 0 heterocycles. The number of anilines is 1. The fraction of sp³-hybridized carbons (Fsp3) is 0.571. The minimum absolute atomic E-state index is 0.0762. The van der Waals surface area contributed by atoms with Crippen molar-refractivity contribution in [2.75, 3.05) is 12.8 Å². The van der Waals surface area contributed by atoms with E-state index in [4.69, 9.17) is 5.73 Å². The van der Waals surface area contributed by atoms with Crippen molar-refractivity contribution in [1.29, 1.82) is 0 Å². The highest BCUT2D eigenvalue weighted by Gasteiger charge is 2.30. The maximum Gasteiger partial charge on any atom is 0.282 e. The topological polar surface area (TPSA) is 66.6 Å². The van der Waals surface area contributed by atoms with Crippen molar-refractivity contribution in [3.63, 3.8) is 0 Å². The molecule has 0 aliphatic rings. The Morgan fingerprint density at radius 1 is 1.05 bits per heavy atom. The Morgan fingerprint density at radius 2 is 1.55 bits per heavy atom. The second-order valence-corrected chi connectivity index (χ2v) is 7.44. The molecule has 0 radical (unpaired) electrons. The van der Waals surface area contributed by atoms with Gasteiger partial charge in [0.15, 0.2) is 0 Å². The molecular formula is C14H25N3O2S. The smallest absolute Gasteiger partial charge is 0.282 e. The predicted octanol–water partition coefficient (Wildman–Crippen LogP) is 2.06. The quantitative estimate of drug-likeness (QED) is 0.818. The fourth-order valence-corrected chi connectivity index (χ4v) is 3.47. The van der Waals surface area contributed by atoms with Crippen molar-refractivity contribution in [2.24, 2.45) is 0 Å². The lowest BCUT2D eigenvalue weighted by molar-refractivity contribution is 0.297. The zero-order chi connectivity index (χ0) is 15.5. The zero-order valence-corrected chi connectivity index (χ0v) is 13.7. The van der Waals surface area contributed by atoms with Crippen LogP contribution in [0.5, 0.6) is 0 Å². The molecule has 0 amide bonds. The second kappa shape index (κ2) is 6.56. The Bertz CT molecular complexity index is 524. The van der Waals surface area contributed by atoms with Gasteiger partial charge in [-0.05, 0) is 45.4 Å². The van der Waals surface area contributed by atoms with Gasteiger partial charge in [0.05, 0.1) is 0 Å². The van der Waals surface area contributed by atoms with Gasteiger partial charge >= 0.3 is 0 Å². The molecule has 0 aliphatic carbocycles. The van der Waals surface area contributed by atoms with E-state index in [1.165, 1.54) is 8.61 Å². The normalized spacial score (nSPS) is 12.8. The summed E-state index contributed by atoms with van der Waals surface area (Å²) >= 11 is 0. The number of hydrogen-bond donors (Lipinski definition) is 1. The first-order valence-corrected chi connectivity index (χ1v) is 8.15. The van der Waals surface area contributed by atoms with E-state index in [-0.39, 0.29) is 12.1 Å². The van der Waals surface area contributed by atoms with Gasteiger partial charge in [0.25, 0.3) is 10.2 Å². The third-order valence-electron chi connectivity index (χ3n) is 3.28. The van der Waals surface area contributed by atoms with Gasteiger partial charge in [0.1, 0.15) is 0 Å². The first-order chi connectivity index (χ1) is 9.16. The standard InChI is InChI=1S/C14H25N3O2S/c1-11(2)16(5)20(18,19)17(12(3)4)10-13-6-8-14(15)9-7-13/h6-9,11-12H,10,15H2,1-5H3. The molecule has 1 aromatic carbocycles. The van der Waals surface area contributed by atoms with Crippen LogP contribution in [-0.4, -0.2) is 36.2 Å². The molecule has 0 fully saturated rings. The SMILES string of the molecule is CC(C)N(C)S(=O)(=O)N(Cc1ccc(N)cc1)C(C)C. The van der Waals surface area contributed by atoms with Gasteiger partial charge < -0.3 is 5.73 Å². The zero-order valence-electron chi connectivity index (χ0n) is 12.9. The minimum atomic E-state index is -3.47. The first-order valence-electron chi connectivity index (χ1n) is 6.75. The van der Waals surface area contributed by atoms with Crippen LogP contribution in [0.4, 0.5) is 5.69 Å². The molecule has 0 spiro atoms. The van der Waals surface area contributed by atoms with Crippen LogP contribution < -0.4 is 5.73 Å². The summed E-state index contributed by atoms with van der Waals surface area (Å²) in [7, 11) is -1.86. The van der Waals surface area contributed by atoms with E-state index >= 15 is 0 Å². The van der Waals surface area contributed by atoms with Gasteiger partial charge in [-0.3, -0.25) is 0 Å². The average Bonchev–Trinajstić information content (AvgIpc) is 2.36. The molecule has 0 bridgehead atoms. The van der Waals surface area contributed by atoms with Gasteiger partial charge in [-0.2, -0.15) is 17.0 Å². The molecule has 114 valence electrons. The van der Waals surface area contributed by atoms with Crippen LogP contribution in [0.3, 0.4) is 0 Å². The van der Waals surface area contributed by atoms with E-state index in [1.807, 2.05) is 39.8 Å². The van der Waals surface area contributed by atoms with Gasteiger partial charge in [0, 0.05) is 31.4 Å². The highest BCUT2D eigenvalue weighted by molar-refractivity contribution is 7.86. The number of hydrogen-bond acceptors (Lipinski definition) is 3. The summed E-state index contributed by atoms with van der Waals surface area (Å²) in [4.78, 5) is 0. The Morgan fingerprint density at radius 3 is 1.95 bits per heavy atom. The van der Waals surface area contributed by atoms with E-state index in [9.17, 15) is 8.42 Å². The van der Waals surface area contributed by atoms with Crippen LogP contribution >= 0.6 is 0 Å². The Hall–Kier alpha value is -1.11. The van der Waals surface area contributed by atoms with Crippen LogP contribution in [0, 0.1) is 0 Å². The van der Waals surface area contributed by atoms with Crippen molar-refractivity contribution < 1.29 is 8.42 Å². The lowest BCUT2D eigenvalue weighted by Crippen LogP contribution is -2.47. The Kier molecular flexibility index (Phi) is 5.56. The lowest BCUT2D eigenvalue weighted by atomic mass is 10.2. The summed E-state index contributed by atoms with van der Waals surface area (Å²) in [6, 6.07) is 7.09. The molecule has 0 saturated carbocycles. The number of nitrogens with zero attached hydrogens (tertiary/aromatic N) is 2. The molecule has 1 aromatic rings. The maximum absolute atomic E-state index is 12.6. The monoisotopic (exact) mass is 299 g/mol. The van der Waals surface area contributed by atoms with E-state index in [0.29, 0.717) is 12.2 Å². The molecule has 0 unspecified atom stereocenters. The molecule has 5 nitrogen and oxygen atoms in total. The highest BCUT2D eigenvalue weighted by atomic mass is 32.2. The largest absolute Gasteiger partial charge is 0.399 e. The van der Waals surface area contributed by atoms with Crippen molar-refractivity contribution in [3.05, 3.63) is 29.8 Å². The van der Waals surface area contributed by atoms with Crippen molar-refractivity contribution in [1.82, 2.24) is 8.61 Å². The van der Waals surface area contributed by atoms with Crippen molar-refractivity contribution in [3.8, 4) is 0 Å². The fourth-order valence-electron chi connectivity index (χ4n) is 1.77. The van der Waals surface area contributed by atoms with Gasteiger partial charge in [-0.15, -0.1) is 0 Å². The molecule has 6 heteroatoms. The number of nitrogens with two attached hydrogens (primary N) is 1. The molecule has 0 atom stereocenters. The Balaban J connectivity index is 3.03. The Labute approximate surface area is 122 Å². The van der Waals surface area contributed by atoms with E-state index in [1.54, 1.807) is 19.2 Å². The summed E-state index contributed by atoms with van der Waals surface area (Å²) in [5, 5.41) is 0. The summed E-state index contributed by atoms with van der Waals surface area (Å²) in [6.45, 7) is 7.82. The summed E-state index contributed by atoms with van der Waals surface area (Å²) in [6.07, 6.45) is 0. The van der Waals surface area contributed by atoms with Crippen LogP contribution in [-0.2, 0) is 16.8 Å². The average molecular weight is 299 g/mol. The molecule has 0 aromatic heterocycles. The summed E-state index contributed by atoms with van der Waals surface area (Å²) in [5.74, 6) is 0. The van der Waals surface area contributed by atoms with Crippen LogP contribution in [0.1, 0.15) is 33.3 Å². The lowest BCUT2D eigenvalue weighted by Gasteiger charge is -2.32. The highest BCUT2D eigenvalue weighted by Crippen LogP contribution is 2.18. The van der Waals surface area contributed by atoms with Crippen molar-refractivity contribution >= 4 is 15.9 Å². The number of rotatable bonds is 6. The summed E-state index contributed by atoms with van der Waals surface area (Å²) in [5.41, 5.74) is 7.25. The number of benzene rings is 1. The van der Waals surface area contributed by atoms with Crippen LogP contribution in [0.2, 0.25) is 0 Å². The van der Waals surface area contributed by atoms with Crippen LogP contribution in [0.15, 0.2) is 24.3 Å². The molecule has 0 aliphatic heterocycles. The molecule has 0 saturated heterocycles. The maximum atomic E-state index is 12.6. The number of nitrogen functional groups attached to an aromatic ring is 1. The van der Waals surface area contributed by atoms with E-state index < -0.39 is 10.2 Å². The third-order valence-corrected chi connectivity index (χ3v) is 5.57. The molecular weight excluding hydrogens is 274 g/mol. The van der Waals surface area contributed by atoms with Gasteiger partial charge in [-0.1, -0.05) is 12.1 Å². The molecule has 2 N–H and O–H groups in total. The minimum Gasteiger partial charge on any atom is -0.399 e. The second-order valence-electron chi connectivity index (χ2n) is 5.50. The molecule has 1 rings (SSSR count). The predicted molar refractivity (Wildman–Crippen MR) is 83.4 cm³/mol. The third kappa shape index (κ3) is 3.94. The van der Waals surface area contributed by atoms with Gasteiger partial charge in [-0.25, -0.2) is 0 Å². The van der Waals surface area contributed by atoms with Gasteiger partial charge in [0.2, 0.25) is 0 Å².